The van der Waals surface area contributed by atoms with E-state index in [1.54, 1.807) is 14.0 Å². The topological polar surface area (TPSA) is 54.0 Å². The average Bonchev–Trinajstić information content (AvgIpc) is 2.64. The van der Waals surface area contributed by atoms with Crippen molar-refractivity contribution in [1.29, 1.82) is 0 Å². The smallest absolute Gasteiger partial charge is 0.303 e. The summed E-state index contributed by atoms with van der Waals surface area (Å²) in [6.07, 6.45) is 3.82. The first-order valence-corrected chi connectivity index (χ1v) is 5.23. The summed E-state index contributed by atoms with van der Waals surface area (Å²) in [5.41, 5.74) is 0. The molecule has 0 saturated carbocycles. The maximum Gasteiger partial charge on any atom is 0.303 e. The van der Waals surface area contributed by atoms with E-state index in [9.17, 15) is 4.79 Å². The number of carbonyl (C=O) groups excluding carboxylic acids is 1. The van der Waals surface area contributed by atoms with Gasteiger partial charge in [0.25, 0.3) is 0 Å². The van der Waals surface area contributed by atoms with Crippen molar-refractivity contribution >= 4 is 5.97 Å². The third kappa shape index (κ3) is 4.74. The monoisotopic (exact) mass is 230 g/mol. The zero-order valence-electron chi connectivity index (χ0n) is 9.84. The van der Waals surface area contributed by atoms with E-state index in [1.807, 2.05) is 12.2 Å². The summed E-state index contributed by atoms with van der Waals surface area (Å²) in [4.78, 5) is 10.7. The molecule has 5 heteroatoms. The minimum Gasteiger partial charge on any atom is -0.458 e. The molecule has 0 amide bonds. The Labute approximate surface area is 95.3 Å². The predicted octanol–water partition coefficient (Wildman–Crippen LogP) is 1.23. The lowest BCUT2D eigenvalue weighted by Crippen LogP contribution is -2.19. The quantitative estimate of drug-likeness (QED) is 0.390. The Hall–Kier alpha value is -0.910. The number of hydrogen-bond donors (Lipinski definition) is 0. The van der Waals surface area contributed by atoms with Crippen LogP contribution in [0.15, 0.2) is 12.2 Å². The third-order valence-corrected chi connectivity index (χ3v) is 2.24. The van der Waals surface area contributed by atoms with Crippen LogP contribution in [0.5, 0.6) is 0 Å². The Bertz CT molecular complexity index is 251. The summed E-state index contributed by atoms with van der Waals surface area (Å²) >= 11 is 0. The van der Waals surface area contributed by atoms with Gasteiger partial charge in [-0.3, -0.25) is 4.79 Å². The fourth-order valence-corrected chi connectivity index (χ4v) is 1.35. The van der Waals surface area contributed by atoms with Gasteiger partial charge in [0.1, 0.15) is 6.10 Å². The van der Waals surface area contributed by atoms with Gasteiger partial charge in [0.15, 0.2) is 13.1 Å². The van der Waals surface area contributed by atoms with Gasteiger partial charge in [0, 0.05) is 20.5 Å². The molecule has 1 aliphatic carbocycles. The van der Waals surface area contributed by atoms with Gasteiger partial charge < -0.3 is 18.9 Å². The second kappa shape index (κ2) is 6.62. The molecule has 5 nitrogen and oxygen atoms in total. The fraction of sp³-hybridized carbons (Fsp3) is 0.727. The van der Waals surface area contributed by atoms with Crippen LogP contribution in [0.25, 0.3) is 0 Å². The van der Waals surface area contributed by atoms with E-state index in [4.69, 9.17) is 18.9 Å². The fourth-order valence-electron chi connectivity index (χ4n) is 1.35. The second-order valence-electron chi connectivity index (χ2n) is 3.56. The van der Waals surface area contributed by atoms with E-state index in [0.717, 1.165) is 0 Å². The molecule has 0 heterocycles. The molecular formula is C11H18O5. The summed E-state index contributed by atoms with van der Waals surface area (Å²) < 4.78 is 20.5. The van der Waals surface area contributed by atoms with Crippen LogP contribution in [0.1, 0.15) is 20.3 Å². The van der Waals surface area contributed by atoms with Crippen molar-refractivity contribution < 1.29 is 23.7 Å². The van der Waals surface area contributed by atoms with Crippen molar-refractivity contribution in [2.45, 2.75) is 38.8 Å². The largest absolute Gasteiger partial charge is 0.458 e. The van der Waals surface area contributed by atoms with Crippen LogP contribution in [-0.4, -0.2) is 38.4 Å². The number of rotatable bonds is 6. The van der Waals surface area contributed by atoms with Gasteiger partial charge in [-0.25, -0.2) is 0 Å². The highest BCUT2D eigenvalue weighted by atomic mass is 16.7. The number of esters is 1. The standard InChI is InChI=1S/C11H18O5/c1-8(12)16-11-5-4-10(6-11)15-7-14-9(2)13-3/h4-5,9-11H,6-7H2,1-3H3/t9-,10+,11-/m0/s1. The molecule has 0 radical (unpaired) electrons. The van der Waals surface area contributed by atoms with Crippen LogP contribution in [0.2, 0.25) is 0 Å². The van der Waals surface area contributed by atoms with Crippen LogP contribution >= 0.6 is 0 Å². The summed E-state index contributed by atoms with van der Waals surface area (Å²) in [7, 11) is 1.57. The maximum absolute atomic E-state index is 10.7. The molecule has 0 aromatic heterocycles. The highest BCUT2D eigenvalue weighted by Crippen LogP contribution is 2.17. The van der Waals surface area contributed by atoms with E-state index in [-0.39, 0.29) is 31.3 Å². The van der Waals surface area contributed by atoms with Gasteiger partial charge in [-0.05, 0) is 13.0 Å². The molecule has 0 unspecified atom stereocenters. The first-order chi connectivity index (χ1) is 7.61. The zero-order chi connectivity index (χ0) is 12.0. The lowest BCUT2D eigenvalue weighted by molar-refractivity contribution is -0.183. The van der Waals surface area contributed by atoms with E-state index in [0.29, 0.717) is 6.42 Å². The summed E-state index contributed by atoms with van der Waals surface area (Å²) in [5.74, 6) is -0.278. The number of methoxy groups -OCH3 is 1. The Morgan fingerprint density at radius 1 is 1.44 bits per heavy atom. The number of ether oxygens (including phenoxy) is 4. The molecule has 0 aromatic rings. The van der Waals surface area contributed by atoms with Gasteiger partial charge >= 0.3 is 5.97 Å². The Morgan fingerprint density at radius 2 is 2.12 bits per heavy atom. The van der Waals surface area contributed by atoms with E-state index < -0.39 is 0 Å². The van der Waals surface area contributed by atoms with Crippen LogP contribution < -0.4 is 0 Å². The molecule has 16 heavy (non-hydrogen) atoms. The molecule has 0 bridgehead atoms. The lowest BCUT2D eigenvalue weighted by Gasteiger charge is -2.15. The molecule has 0 spiro atoms. The van der Waals surface area contributed by atoms with E-state index in [1.165, 1.54) is 6.92 Å². The first kappa shape index (κ1) is 13.2. The van der Waals surface area contributed by atoms with Crippen LogP contribution in [0, 0.1) is 0 Å². The minimum atomic E-state index is -0.283. The second-order valence-corrected chi connectivity index (χ2v) is 3.56. The minimum absolute atomic E-state index is 0.0617. The molecule has 0 saturated heterocycles. The van der Waals surface area contributed by atoms with Gasteiger partial charge in [0.05, 0.1) is 6.10 Å². The van der Waals surface area contributed by atoms with Gasteiger partial charge in [-0.2, -0.15) is 0 Å². The first-order valence-electron chi connectivity index (χ1n) is 5.23. The van der Waals surface area contributed by atoms with Crippen molar-refractivity contribution in [2.75, 3.05) is 13.9 Å². The normalized spacial score (nSPS) is 25.7. The van der Waals surface area contributed by atoms with Crippen molar-refractivity contribution in [3.63, 3.8) is 0 Å². The van der Waals surface area contributed by atoms with Crippen molar-refractivity contribution in [3.05, 3.63) is 12.2 Å². The molecule has 0 fully saturated rings. The molecule has 92 valence electrons. The van der Waals surface area contributed by atoms with Crippen LogP contribution in [0.3, 0.4) is 0 Å². The molecule has 3 atom stereocenters. The van der Waals surface area contributed by atoms with Gasteiger partial charge in [0.2, 0.25) is 0 Å². The Kier molecular flexibility index (Phi) is 5.45. The Morgan fingerprint density at radius 3 is 2.75 bits per heavy atom. The van der Waals surface area contributed by atoms with Crippen molar-refractivity contribution in [3.8, 4) is 0 Å². The van der Waals surface area contributed by atoms with Crippen molar-refractivity contribution in [1.82, 2.24) is 0 Å². The number of carbonyl (C=O) groups is 1. The average molecular weight is 230 g/mol. The lowest BCUT2D eigenvalue weighted by atomic mass is 10.3. The number of hydrogen-bond acceptors (Lipinski definition) is 5. The summed E-state index contributed by atoms with van der Waals surface area (Å²) in [5, 5.41) is 0. The maximum atomic E-state index is 10.7. The summed E-state index contributed by atoms with van der Waals surface area (Å²) in [6.45, 7) is 3.34. The van der Waals surface area contributed by atoms with E-state index >= 15 is 0 Å². The highest BCUT2D eigenvalue weighted by Gasteiger charge is 2.21. The SMILES string of the molecule is CO[C@H](C)OCO[C@@H]1C=C[C@H](OC(C)=O)C1. The molecule has 1 aliphatic rings. The van der Waals surface area contributed by atoms with Crippen molar-refractivity contribution in [2.24, 2.45) is 0 Å². The molecule has 0 aliphatic heterocycles. The van der Waals surface area contributed by atoms with Gasteiger partial charge in [-0.1, -0.05) is 6.08 Å². The summed E-state index contributed by atoms with van der Waals surface area (Å²) in [6, 6.07) is 0. The van der Waals surface area contributed by atoms with E-state index in [2.05, 4.69) is 0 Å². The van der Waals surface area contributed by atoms with Gasteiger partial charge in [-0.15, -0.1) is 0 Å². The third-order valence-electron chi connectivity index (χ3n) is 2.24. The van der Waals surface area contributed by atoms with Crippen LogP contribution in [0.4, 0.5) is 0 Å². The molecular weight excluding hydrogens is 212 g/mol. The molecule has 1 rings (SSSR count). The van der Waals surface area contributed by atoms with Crippen LogP contribution in [-0.2, 0) is 23.7 Å². The molecule has 0 N–H and O–H groups in total. The molecule has 0 aromatic carbocycles. The highest BCUT2D eigenvalue weighted by molar-refractivity contribution is 5.66. The predicted molar refractivity (Wildman–Crippen MR) is 56.6 cm³/mol. The zero-order valence-corrected chi connectivity index (χ0v) is 9.84. The Balaban J connectivity index is 2.13.